The van der Waals surface area contributed by atoms with Gasteiger partial charge < -0.3 is 9.94 Å². The van der Waals surface area contributed by atoms with Crippen molar-refractivity contribution in [2.45, 2.75) is 6.92 Å². The number of carboxylic acid groups (broad SMARTS) is 1. The van der Waals surface area contributed by atoms with Crippen molar-refractivity contribution >= 4 is 12.2 Å². The summed E-state index contributed by atoms with van der Waals surface area (Å²) in [5, 5.41) is 11.9. The van der Waals surface area contributed by atoms with E-state index in [-0.39, 0.29) is 6.61 Å². The molecular weight excluding hydrogens is 122 g/mol. The zero-order chi connectivity index (χ0) is 6.91. The van der Waals surface area contributed by atoms with Gasteiger partial charge in [-0.25, -0.2) is 0 Å². The van der Waals surface area contributed by atoms with Crippen LogP contribution in [0.1, 0.15) is 6.92 Å². The van der Waals surface area contributed by atoms with E-state index in [0.29, 0.717) is 0 Å². The Bertz CT molecular complexity index is 166. The maximum absolute atomic E-state index is 10.4. The van der Waals surface area contributed by atoms with E-state index in [1.54, 1.807) is 6.92 Å². The molecule has 1 heterocycles. The predicted molar refractivity (Wildman–Crippen MR) is 30.2 cm³/mol. The fourth-order valence-electron chi connectivity index (χ4n) is 0.479. The first-order chi connectivity index (χ1) is 4.15. The van der Waals surface area contributed by atoms with Crippen molar-refractivity contribution in [2.75, 3.05) is 6.61 Å². The number of nitrogens with zero attached hydrogens (tertiary/aromatic N) is 1. The van der Waals surface area contributed by atoms with Crippen LogP contribution in [-0.2, 0) is 9.63 Å². The topological polar surface area (TPSA) is 58.9 Å². The zero-order valence-corrected chi connectivity index (χ0v) is 5.00. The van der Waals surface area contributed by atoms with E-state index in [9.17, 15) is 4.79 Å². The highest BCUT2D eigenvalue weighted by atomic mass is 16.6. The van der Waals surface area contributed by atoms with Gasteiger partial charge in [0.05, 0.1) is 6.21 Å². The van der Waals surface area contributed by atoms with Crippen LogP contribution in [0.15, 0.2) is 5.16 Å². The molecule has 0 aromatic rings. The molecule has 1 rings (SSSR count). The van der Waals surface area contributed by atoms with Crippen molar-refractivity contribution in [3.05, 3.63) is 0 Å². The van der Waals surface area contributed by atoms with Gasteiger partial charge in [0.2, 0.25) is 0 Å². The van der Waals surface area contributed by atoms with Gasteiger partial charge >= 0.3 is 5.97 Å². The lowest BCUT2D eigenvalue weighted by Gasteiger charge is -2.09. The van der Waals surface area contributed by atoms with E-state index in [1.165, 1.54) is 6.21 Å². The van der Waals surface area contributed by atoms with Gasteiger partial charge in [-0.3, -0.25) is 4.79 Å². The SMILES string of the molecule is CC1(C(=O)O)C=NOC1. The highest BCUT2D eigenvalue weighted by Crippen LogP contribution is 2.18. The summed E-state index contributed by atoms with van der Waals surface area (Å²) in [5.41, 5.74) is -0.903. The third kappa shape index (κ3) is 0.872. The van der Waals surface area contributed by atoms with Crippen LogP contribution in [0.3, 0.4) is 0 Å². The zero-order valence-electron chi connectivity index (χ0n) is 5.00. The Morgan fingerprint density at radius 3 is 2.89 bits per heavy atom. The highest BCUT2D eigenvalue weighted by molar-refractivity contribution is 5.94. The summed E-state index contributed by atoms with van der Waals surface area (Å²) in [5.74, 6) is -0.899. The van der Waals surface area contributed by atoms with Crippen LogP contribution in [0.4, 0.5) is 0 Å². The van der Waals surface area contributed by atoms with Crippen molar-refractivity contribution in [3.63, 3.8) is 0 Å². The van der Waals surface area contributed by atoms with Gasteiger partial charge in [0.25, 0.3) is 0 Å². The van der Waals surface area contributed by atoms with Gasteiger partial charge in [-0.05, 0) is 6.92 Å². The molecule has 4 heteroatoms. The van der Waals surface area contributed by atoms with Crippen LogP contribution in [0, 0.1) is 5.41 Å². The quantitative estimate of drug-likeness (QED) is 0.546. The van der Waals surface area contributed by atoms with Gasteiger partial charge in [-0.1, -0.05) is 5.16 Å². The molecule has 50 valence electrons. The summed E-state index contributed by atoms with van der Waals surface area (Å²) in [6, 6.07) is 0. The second-order valence-electron chi connectivity index (χ2n) is 2.23. The van der Waals surface area contributed by atoms with E-state index >= 15 is 0 Å². The number of rotatable bonds is 1. The van der Waals surface area contributed by atoms with Gasteiger partial charge in [-0.15, -0.1) is 0 Å². The van der Waals surface area contributed by atoms with Crippen LogP contribution >= 0.6 is 0 Å². The van der Waals surface area contributed by atoms with Crippen molar-refractivity contribution in [2.24, 2.45) is 10.6 Å². The van der Waals surface area contributed by atoms with Crippen LogP contribution < -0.4 is 0 Å². The molecule has 0 radical (unpaired) electrons. The van der Waals surface area contributed by atoms with Crippen LogP contribution in [0.25, 0.3) is 0 Å². The fraction of sp³-hybridized carbons (Fsp3) is 0.600. The molecule has 0 saturated heterocycles. The lowest BCUT2D eigenvalue weighted by molar-refractivity contribution is -0.145. The molecule has 0 bridgehead atoms. The molecule has 9 heavy (non-hydrogen) atoms. The summed E-state index contributed by atoms with van der Waals surface area (Å²) >= 11 is 0. The number of carbonyl (C=O) groups is 1. The average molecular weight is 129 g/mol. The summed E-state index contributed by atoms with van der Waals surface area (Å²) in [4.78, 5) is 14.9. The first kappa shape index (κ1) is 6.07. The molecule has 1 aliphatic heterocycles. The summed E-state index contributed by atoms with van der Waals surface area (Å²) in [6.45, 7) is 1.70. The number of hydrogen-bond donors (Lipinski definition) is 1. The minimum atomic E-state index is -0.903. The third-order valence-corrected chi connectivity index (χ3v) is 1.27. The Hall–Kier alpha value is -1.06. The van der Waals surface area contributed by atoms with E-state index < -0.39 is 11.4 Å². The molecule has 0 spiro atoms. The van der Waals surface area contributed by atoms with E-state index in [4.69, 9.17) is 5.11 Å². The molecule has 0 aromatic heterocycles. The molecule has 0 amide bonds. The monoisotopic (exact) mass is 129 g/mol. The van der Waals surface area contributed by atoms with Gasteiger partial charge in [0, 0.05) is 0 Å². The van der Waals surface area contributed by atoms with Crippen molar-refractivity contribution < 1.29 is 14.7 Å². The molecule has 1 N–H and O–H groups in total. The average Bonchev–Trinajstić information content (AvgIpc) is 2.16. The second kappa shape index (κ2) is 1.72. The van der Waals surface area contributed by atoms with Crippen LogP contribution in [-0.4, -0.2) is 23.9 Å². The smallest absolute Gasteiger partial charge is 0.318 e. The summed E-state index contributed by atoms with van der Waals surface area (Å²) < 4.78 is 0. The standard InChI is InChI=1S/C5H7NO3/c1-5(4(7)8)2-6-9-3-5/h2H,3H2,1H3,(H,7,8). The number of hydrogen-bond acceptors (Lipinski definition) is 3. The van der Waals surface area contributed by atoms with Gasteiger partial charge in [-0.2, -0.15) is 0 Å². The van der Waals surface area contributed by atoms with E-state index in [0.717, 1.165) is 0 Å². The molecule has 4 nitrogen and oxygen atoms in total. The molecule has 0 saturated carbocycles. The first-order valence-electron chi connectivity index (χ1n) is 2.55. The normalized spacial score (nSPS) is 32.1. The van der Waals surface area contributed by atoms with Gasteiger partial charge in [0.15, 0.2) is 0 Å². The molecular formula is C5H7NO3. The third-order valence-electron chi connectivity index (χ3n) is 1.27. The highest BCUT2D eigenvalue weighted by Gasteiger charge is 2.35. The fourth-order valence-corrected chi connectivity index (χ4v) is 0.479. The van der Waals surface area contributed by atoms with Gasteiger partial charge in [0.1, 0.15) is 12.0 Å². The van der Waals surface area contributed by atoms with E-state index in [1.807, 2.05) is 0 Å². The maximum Gasteiger partial charge on any atom is 0.318 e. The number of aliphatic carboxylic acids is 1. The van der Waals surface area contributed by atoms with Crippen molar-refractivity contribution in [1.82, 2.24) is 0 Å². The number of carboxylic acids is 1. The van der Waals surface area contributed by atoms with Crippen molar-refractivity contribution in [3.8, 4) is 0 Å². The summed E-state index contributed by atoms with van der Waals surface area (Å²) in [6.07, 6.45) is 1.30. The Morgan fingerprint density at radius 2 is 2.67 bits per heavy atom. The predicted octanol–water partition coefficient (Wildman–Crippen LogP) is 0.0933. The van der Waals surface area contributed by atoms with E-state index in [2.05, 4.69) is 9.99 Å². The minimum absolute atomic E-state index is 0.141. The number of oxime groups is 1. The minimum Gasteiger partial charge on any atom is -0.480 e. The Labute approximate surface area is 52.1 Å². The Morgan fingerprint density at radius 1 is 2.00 bits per heavy atom. The molecule has 0 fully saturated rings. The molecule has 1 atom stereocenters. The molecule has 1 aliphatic rings. The largest absolute Gasteiger partial charge is 0.480 e. The van der Waals surface area contributed by atoms with Crippen molar-refractivity contribution in [1.29, 1.82) is 0 Å². The lowest BCUT2D eigenvalue weighted by atomic mass is 9.95. The Kier molecular flexibility index (Phi) is 1.16. The second-order valence-corrected chi connectivity index (χ2v) is 2.23. The lowest BCUT2D eigenvalue weighted by Crippen LogP contribution is -2.29. The maximum atomic E-state index is 10.4. The molecule has 0 aromatic carbocycles. The summed E-state index contributed by atoms with van der Waals surface area (Å²) in [7, 11) is 0. The van der Waals surface area contributed by atoms with Crippen LogP contribution in [0.5, 0.6) is 0 Å². The molecule has 1 unspecified atom stereocenters. The molecule has 0 aliphatic carbocycles. The van der Waals surface area contributed by atoms with Crippen LogP contribution in [0.2, 0.25) is 0 Å². The first-order valence-corrected chi connectivity index (χ1v) is 2.55. The Balaban J connectivity index is 2.74.